The minimum Gasteiger partial charge on any atom is -0.497 e. The summed E-state index contributed by atoms with van der Waals surface area (Å²) in [6, 6.07) is 7.57. The number of piperazine rings is 1. The average molecular weight is 373 g/mol. The van der Waals surface area contributed by atoms with Crippen molar-refractivity contribution < 1.29 is 14.3 Å². The van der Waals surface area contributed by atoms with Crippen LogP contribution >= 0.6 is 0 Å². The van der Waals surface area contributed by atoms with Crippen LogP contribution in [0, 0.1) is 5.92 Å². The van der Waals surface area contributed by atoms with E-state index in [4.69, 9.17) is 4.74 Å². The number of ether oxygens (including phenoxy) is 1. The maximum Gasteiger partial charge on any atom is 0.228 e. The molecule has 2 atom stereocenters. The highest BCUT2D eigenvalue weighted by molar-refractivity contribution is 5.85. The zero-order chi connectivity index (χ0) is 19.4. The SMILES string of the molecule is CCN1CCN(C(=O)[C@@H]2CCC(=O)N(CC)[C@H]2c2cccc(OC)c2)CC1. The summed E-state index contributed by atoms with van der Waals surface area (Å²) in [5.74, 6) is 0.877. The summed E-state index contributed by atoms with van der Waals surface area (Å²) in [4.78, 5) is 32.2. The first kappa shape index (κ1) is 19.7. The van der Waals surface area contributed by atoms with E-state index in [-0.39, 0.29) is 23.8 Å². The molecule has 0 N–H and O–H groups in total. The molecule has 0 unspecified atom stereocenters. The zero-order valence-corrected chi connectivity index (χ0v) is 16.7. The first-order valence-electron chi connectivity index (χ1n) is 10.0. The van der Waals surface area contributed by atoms with E-state index in [0.29, 0.717) is 19.4 Å². The molecular weight excluding hydrogens is 342 g/mol. The monoisotopic (exact) mass is 373 g/mol. The molecule has 2 aliphatic rings. The molecule has 6 nitrogen and oxygen atoms in total. The highest BCUT2D eigenvalue weighted by atomic mass is 16.5. The van der Waals surface area contributed by atoms with E-state index in [2.05, 4.69) is 11.8 Å². The van der Waals surface area contributed by atoms with E-state index in [0.717, 1.165) is 44.0 Å². The lowest BCUT2D eigenvalue weighted by molar-refractivity contribution is -0.148. The fourth-order valence-corrected chi connectivity index (χ4v) is 4.34. The molecule has 27 heavy (non-hydrogen) atoms. The molecule has 0 spiro atoms. The van der Waals surface area contributed by atoms with Gasteiger partial charge in [-0.1, -0.05) is 19.1 Å². The summed E-state index contributed by atoms with van der Waals surface area (Å²) in [7, 11) is 1.64. The Bertz CT molecular complexity index is 670. The predicted octanol–water partition coefficient (Wildman–Crippen LogP) is 2.16. The molecule has 6 heteroatoms. The van der Waals surface area contributed by atoms with Crippen molar-refractivity contribution in [1.29, 1.82) is 0 Å². The molecule has 0 radical (unpaired) electrons. The van der Waals surface area contributed by atoms with Crippen LogP contribution in [-0.2, 0) is 9.59 Å². The van der Waals surface area contributed by atoms with Gasteiger partial charge in [-0.15, -0.1) is 0 Å². The van der Waals surface area contributed by atoms with Crippen LogP contribution in [0.25, 0.3) is 0 Å². The van der Waals surface area contributed by atoms with E-state index in [1.807, 2.05) is 41.0 Å². The van der Waals surface area contributed by atoms with E-state index in [1.54, 1.807) is 7.11 Å². The second-order valence-electron chi connectivity index (χ2n) is 7.31. The quantitative estimate of drug-likeness (QED) is 0.794. The third kappa shape index (κ3) is 4.10. The normalized spacial score (nSPS) is 24.2. The summed E-state index contributed by atoms with van der Waals surface area (Å²) < 4.78 is 5.37. The van der Waals surface area contributed by atoms with Crippen molar-refractivity contribution in [3.8, 4) is 5.75 Å². The standard InChI is InChI=1S/C21H31N3O3/c1-4-22-11-13-23(14-12-22)21(26)18-9-10-19(25)24(5-2)20(18)16-7-6-8-17(15-16)27-3/h6-8,15,18,20H,4-5,9-14H2,1-3H3/t18-,20+/m1/s1. The molecule has 2 fully saturated rings. The summed E-state index contributed by atoms with van der Waals surface area (Å²) in [6.45, 7) is 9.16. The second kappa shape index (κ2) is 8.74. The lowest BCUT2D eigenvalue weighted by Crippen LogP contribution is -2.53. The third-order valence-electron chi connectivity index (χ3n) is 5.93. The molecular formula is C21H31N3O3. The molecule has 2 heterocycles. The number of methoxy groups -OCH3 is 1. The van der Waals surface area contributed by atoms with Gasteiger partial charge in [-0.25, -0.2) is 0 Å². The number of hydrogen-bond donors (Lipinski definition) is 0. The molecule has 2 amide bonds. The number of piperidine rings is 1. The fraction of sp³-hybridized carbons (Fsp3) is 0.619. The molecule has 2 aliphatic heterocycles. The molecule has 0 aliphatic carbocycles. The van der Waals surface area contributed by atoms with Crippen molar-refractivity contribution in [3.05, 3.63) is 29.8 Å². The van der Waals surface area contributed by atoms with Gasteiger partial charge in [0, 0.05) is 39.1 Å². The van der Waals surface area contributed by atoms with Gasteiger partial charge in [-0.3, -0.25) is 9.59 Å². The minimum atomic E-state index is -0.219. The maximum atomic E-state index is 13.4. The van der Waals surface area contributed by atoms with Crippen molar-refractivity contribution in [2.45, 2.75) is 32.7 Å². The van der Waals surface area contributed by atoms with Gasteiger partial charge in [-0.05, 0) is 37.6 Å². The van der Waals surface area contributed by atoms with Crippen LogP contribution < -0.4 is 4.74 Å². The minimum absolute atomic E-state index is 0.130. The molecule has 3 rings (SSSR count). The van der Waals surface area contributed by atoms with Crippen molar-refractivity contribution in [3.63, 3.8) is 0 Å². The predicted molar refractivity (Wildman–Crippen MR) is 105 cm³/mol. The molecule has 148 valence electrons. The smallest absolute Gasteiger partial charge is 0.228 e. The van der Waals surface area contributed by atoms with Gasteiger partial charge in [0.05, 0.1) is 19.1 Å². The highest BCUT2D eigenvalue weighted by Crippen LogP contribution is 2.38. The topological polar surface area (TPSA) is 53.1 Å². The maximum absolute atomic E-state index is 13.4. The van der Waals surface area contributed by atoms with Crippen LogP contribution in [0.5, 0.6) is 5.75 Å². The van der Waals surface area contributed by atoms with Gasteiger partial charge >= 0.3 is 0 Å². The molecule has 0 aromatic heterocycles. The van der Waals surface area contributed by atoms with Crippen LogP contribution in [0.4, 0.5) is 0 Å². The number of hydrogen-bond acceptors (Lipinski definition) is 4. The summed E-state index contributed by atoms with van der Waals surface area (Å²) >= 11 is 0. The van der Waals surface area contributed by atoms with Gasteiger partial charge in [-0.2, -0.15) is 0 Å². The molecule has 0 saturated carbocycles. The largest absolute Gasteiger partial charge is 0.497 e. The number of carbonyl (C=O) groups is 2. The Balaban J connectivity index is 1.87. The van der Waals surface area contributed by atoms with E-state index < -0.39 is 0 Å². The Labute approximate surface area is 162 Å². The summed E-state index contributed by atoms with van der Waals surface area (Å²) in [5, 5.41) is 0. The first-order valence-corrected chi connectivity index (χ1v) is 10.0. The lowest BCUT2D eigenvalue weighted by Gasteiger charge is -2.43. The van der Waals surface area contributed by atoms with Crippen molar-refractivity contribution in [1.82, 2.24) is 14.7 Å². The Morgan fingerprint density at radius 3 is 2.52 bits per heavy atom. The number of carbonyl (C=O) groups excluding carboxylic acids is 2. The third-order valence-corrected chi connectivity index (χ3v) is 5.93. The molecule has 1 aromatic carbocycles. The van der Waals surface area contributed by atoms with E-state index >= 15 is 0 Å². The van der Waals surface area contributed by atoms with Crippen LogP contribution in [0.1, 0.15) is 38.3 Å². The van der Waals surface area contributed by atoms with Gasteiger partial charge in [0.2, 0.25) is 11.8 Å². The average Bonchev–Trinajstić information content (AvgIpc) is 2.73. The second-order valence-corrected chi connectivity index (χ2v) is 7.31. The van der Waals surface area contributed by atoms with Crippen LogP contribution in [0.15, 0.2) is 24.3 Å². The van der Waals surface area contributed by atoms with Gasteiger partial charge < -0.3 is 19.4 Å². The Morgan fingerprint density at radius 1 is 1.15 bits per heavy atom. The lowest BCUT2D eigenvalue weighted by atomic mass is 9.83. The van der Waals surface area contributed by atoms with Crippen molar-refractivity contribution >= 4 is 11.8 Å². The van der Waals surface area contributed by atoms with Crippen molar-refractivity contribution in [2.24, 2.45) is 5.92 Å². The van der Waals surface area contributed by atoms with E-state index in [9.17, 15) is 9.59 Å². The van der Waals surface area contributed by atoms with Gasteiger partial charge in [0.15, 0.2) is 0 Å². The van der Waals surface area contributed by atoms with E-state index in [1.165, 1.54) is 0 Å². The summed E-state index contributed by atoms with van der Waals surface area (Å²) in [5.41, 5.74) is 0.981. The highest BCUT2D eigenvalue weighted by Gasteiger charge is 2.42. The zero-order valence-electron chi connectivity index (χ0n) is 16.7. The molecule has 0 bridgehead atoms. The van der Waals surface area contributed by atoms with Gasteiger partial charge in [0.1, 0.15) is 5.75 Å². The molecule has 1 aromatic rings. The Morgan fingerprint density at radius 2 is 1.89 bits per heavy atom. The molecule has 2 saturated heterocycles. The van der Waals surface area contributed by atoms with Crippen LogP contribution in [-0.4, -0.2) is 72.9 Å². The Hall–Kier alpha value is -2.08. The van der Waals surface area contributed by atoms with Crippen molar-refractivity contribution in [2.75, 3.05) is 46.4 Å². The van der Waals surface area contributed by atoms with Gasteiger partial charge in [0.25, 0.3) is 0 Å². The number of likely N-dealkylation sites (N-methyl/N-ethyl adjacent to an activating group) is 1. The van der Waals surface area contributed by atoms with Crippen LogP contribution in [0.3, 0.4) is 0 Å². The number of benzene rings is 1. The number of nitrogens with zero attached hydrogens (tertiary/aromatic N) is 3. The number of rotatable bonds is 5. The Kier molecular flexibility index (Phi) is 6.37. The summed E-state index contributed by atoms with van der Waals surface area (Å²) in [6.07, 6.45) is 1.06. The first-order chi connectivity index (χ1) is 13.1. The number of amides is 2. The number of likely N-dealkylation sites (tertiary alicyclic amines) is 1. The fourth-order valence-electron chi connectivity index (χ4n) is 4.34. The van der Waals surface area contributed by atoms with Crippen LogP contribution in [0.2, 0.25) is 0 Å².